The minimum Gasteiger partial charge on any atom is -0.486 e. The minimum atomic E-state index is -3.69. The van der Waals surface area contributed by atoms with Gasteiger partial charge in [-0.05, 0) is 62.4 Å². The van der Waals surface area contributed by atoms with Crippen LogP contribution in [-0.4, -0.2) is 67.5 Å². The number of carbonyl (C=O) groups is 1. The third kappa shape index (κ3) is 4.05. The lowest BCUT2D eigenvalue weighted by atomic mass is 10.1. The van der Waals surface area contributed by atoms with E-state index in [1.54, 1.807) is 11.0 Å². The van der Waals surface area contributed by atoms with E-state index in [2.05, 4.69) is 16.7 Å². The number of ether oxygens (including phenoxy) is 2. The second-order valence-corrected chi connectivity index (χ2v) is 10.4. The summed E-state index contributed by atoms with van der Waals surface area (Å²) in [6.45, 7) is 6.08. The van der Waals surface area contributed by atoms with Crippen molar-refractivity contribution in [2.24, 2.45) is 0 Å². The van der Waals surface area contributed by atoms with Crippen molar-refractivity contribution in [1.82, 2.24) is 13.8 Å². The SMILES string of the molecule is Cc1ccc(C)n1-c1ccc(C(=O)N2CCN(S(=O)(=O)c3ccc4c(c3)OCCO4)CC2)cc1. The summed E-state index contributed by atoms with van der Waals surface area (Å²) in [7, 11) is -3.69. The van der Waals surface area contributed by atoms with Crippen molar-refractivity contribution in [3.05, 3.63) is 71.5 Å². The molecule has 1 fully saturated rings. The second kappa shape index (κ2) is 8.81. The van der Waals surface area contributed by atoms with Gasteiger partial charge < -0.3 is 18.9 Å². The van der Waals surface area contributed by atoms with Gasteiger partial charge in [0.1, 0.15) is 13.2 Å². The number of hydrogen-bond donors (Lipinski definition) is 0. The summed E-state index contributed by atoms with van der Waals surface area (Å²) in [6.07, 6.45) is 0. The fourth-order valence-electron chi connectivity index (χ4n) is 4.48. The van der Waals surface area contributed by atoms with Gasteiger partial charge in [-0.1, -0.05) is 0 Å². The van der Waals surface area contributed by atoms with Crippen molar-refractivity contribution < 1.29 is 22.7 Å². The van der Waals surface area contributed by atoms with Crippen LogP contribution in [0.4, 0.5) is 0 Å². The quantitative estimate of drug-likeness (QED) is 0.572. The van der Waals surface area contributed by atoms with E-state index in [9.17, 15) is 13.2 Å². The van der Waals surface area contributed by atoms with Gasteiger partial charge in [-0.25, -0.2) is 8.42 Å². The fraction of sp³-hybridized carbons (Fsp3) is 0.320. The Kier molecular flexibility index (Phi) is 5.83. The molecule has 1 saturated heterocycles. The fourth-order valence-corrected chi connectivity index (χ4v) is 5.91. The minimum absolute atomic E-state index is 0.0936. The molecular formula is C25H27N3O5S. The predicted molar refractivity (Wildman–Crippen MR) is 127 cm³/mol. The summed E-state index contributed by atoms with van der Waals surface area (Å²) >= 11 is 0. The van der Waals surface area contributed by atoms with Crippen LogP contribution in [0.3, 0.4) is 0 Å². The van der Waals surface area contributed by atoms with Crippen molar-refractivity contribution in [2.45, 2.75) is 18.7 Å². The number of rotatable bonds is 4. The Morgan fingerprint density at radius 3 is 2.06 bits per heavy atom. The molecule has 0 saturated carbocycles. The van der Waals surface area contributed by atoms with Crippen LogP contribution in [0, 0.1) is 13.8 Å². The van der Waals surface area contributed by atoms with E-state index in [1.165, 1.54) is 16.4 Å². The third-order valence-corrected chi connectivity index (χ3v) is 8.22. The number of aromatic nitrogens is 1. The van der Waals surface area contributed by atoms with Crippen molar-refractivity contribution in [3.8, 4) is 17.2 Å². The highest BCUT2D eigenvalue weighted by atomic mass is 32.2. The zero-order valence-electron chi connectivity index (χ0n) is 19.2. The Labute approximate surface area is 199 Å². The van der Waals surface area contributed by atoms with Crippen molar-refractivity contribution in [1.29, 1.82) is 0 Å². The molecule has 0 atom stereocenters. The number of benzene rings is 2. The van der Waals surface area contributed by atoms with Crippen LogP contribution in [0.5, 0.6) is 11.5 Å². The third-order valence-electron chi connectivity index (χ3n) is 6.32. The molecule has 0 spiro atoms. The van der Waals surface area contributed by atoms with Gasteiger partial charge in [0.05, 0.1) is 4.90 Å². The van der Waals surface area contributed by atoms with Gasteiger partial charge in [0.2, 0.25) is 10.0 Å². The summed E-state index contributed by atoms with van der Waals surface area (Å²) in [5.41, 5.74) is 3.86. The molecule has 2 aliphatic rings. The van der Waals surface area contributed by atoms with Crippen LogP contribution in [0.1, 0.15) is 21.7 Å². The van der Waals surface area contributed by atoms with Crippen LogP contribution >= 0.6 is 0 Å². The molecule has 9 heteroatoms. The lowest BCUT2D eigenvalue weighted by molar-refractivity contribution is 0.0698. The number of sulfonamides is 1. The monoisotopic (exact) mass is 481 g/mol. The van der Waals surface area contributed by atoms with E-state index < -0.39 is 10.0 Å². The molecule has 0 unspecified atom stereocenters. The average Bonchev–Trinajstić information content (AvgIpc) is 3.21. The number of amides is 1. The highest BCUT2D eigenvalue weighted by Gasteiger charge is 2.31. The van der Waals surface area contributed by atoms with Crippen LogP contribution in [0.2, 0.25) is 0 Å². The van der Waals surface area contributed by atoms with Crippen LogP contribution in [0.25, 0.3) is 5.69 Å². The molecule has 0 aliphatic carbocycles. The van der Waals surface area contributed by atoms with Crippen molar-refractivity contribution >= 4 is 15.9 Å². The van der Waals surface area contributed by atoms with E-state index in [1.807, 2.05) is 38.1 Å². The zero-order chi connectivity index (χ0) is 23.9. The maximum Gasteiger partial charge on any atom is 0.253 e. The average molecular weight is 482 g/mol. The molecule has 178 valence electrons. The zero-order valence-corrected chi connectivity index (χ0v) is 20.0. The summed E-state index contributed by atoms with van der Waals surface area (Å²) in [4.78, 5) is 14.9. The Morgan fingerprint density at radius 1 is 0.794 bits per heavy atom. The van der Waals surface area contributed by atoms with Gasteiger partial charge in [-0.15, -0.1) is 0 Å². The van der Waals surface area contributed by atoms with E-state index >= 15 is 0 Å². The number of nitrogens with zero attached hydrogens (tertiary/aromatic N) is 3. The summed E-state index contributed by atoms with van der Waals surface area (Å²) < 4.78 is 40.9. The Morgan fingerprint density at radius 2 is 1.41 bits per heavy atom. The van der Waals surface area contributed by atoms with Gasteiger partial charge in [0, 0.05) is 54.9 Å². The topological polar surface area (TPSA) is 81.1 Å². The van der Waals surface area contributed by atoms with Gasteiger partial charge in [0.15, 0.2) is 11.5 Å². The van der Waals surface area contributed by atoms with Crippen LogP contribution in [-0.2, 0) is 10.0 Å². The molecule has 0 N–H and O–H groups in total. The molecular weight excluding hydrogens is 454 g/mol. The first-order valence-electron chi connectivity index (χ1n) is 11.3. The van der Waals surface area contributed by atoms with Crippen molar-refractivity contribution in [2.75, 3.05) is 39.4 Å². The standard InChI is InChI=1S/C25H27N3O5S/c1-18-3-4-19(2)28(18)21-7-5-20(6-8-21)25(29)26-11-13-27(14-12-26)34(30,31)22-9-10-23-24(17-22)33-16-15-32-23/h3-10,17H,11-16H2,1-2H3. The molecule has 3 aromatic rings. The molecule has 5 rings (SSSR count). The molecule has 8 nitrogen and oxygen atoms in total. The van der Waals surface area contributed by atoms with Crippen LogP contribution in [0.15, 0.2) is 59.5 Å². The first-order chi connectivity index (χ1) is 16.3. The molecule has 0 radical (unpaired) electrons. The number of fused-ring (bicyclic) bond motifs is 1. The normalized spacial score (nSPS) is 16.5. The van der Waals surface area contributed by atoms with Gasteiger partial charge in [0.25, 0.3) is 5.91 Å². The first kappa shape index (κ1) is 22.5. The van der Waals surface area contributed by atoms with Gasteiger partial charge in [-0.3, -0.25) is 4.79 Å². The molecule has 2 aromatic carbocycles. The van der Waals surface area contributed by atoms with E-state index in [0.717, 1.165) is 17.1 Å². The van der Waals surface area contributed by atoms with Crippen LogP contribution < -0.4 is 9.47 Å². The molecule has 1 aromatic heterocycles. The lowest BCUT2D eigenvalue weighted by Gasteiger charge is -2.34. The molecule has 34 heavy (non-hydrogen) atoms. The second-order valence-electron chi connectivity index (χ2n) is 8.50. The number of aryl methyl sites for hydroxylation is 2. The number of hydrogen-bond acceptors (Lipinski definition) is 5. The summed E-state index contributed by atoms with van der Waals surface area (Å²) in [5, 5.41) is 0. The Bertz CT molecular complexity index is 1300. The van der Waals surface area contributed by atoms with Crippen molar-refractivity contribution in [3.63, 3.8) is 0 Å². The molecule has 3 heterocycles. The lowest BCUT2D eigenvalue weighted by Crippen LogP contribution is -2.50. The molecule has 0 bridgehead atoms. The predicted octanol–water partition coefficient (Wildman–Crippen LogP) is 3.01. The summed E-state index contributed by atoms with van der Waals surface area (Å²) in [6, 6.07) is 16.3. The van der Waals surface area contributed by atoms with E-state index in [0.29, 0.717) is 43.4 Å². The highest BCUT2D eigenvalue weighted by molar-refractivity contribution is 7.89. The largest absolute Gasteiger partial charge is 0.486 e. The Balaban J connectivity index is 1.25. The summed E-state index contributed by atoms with van der Waals surface area (Å²) in [5.74, 6) is 0.896. The van der Waals surface area contributed by atoms with Gasteiger partial charge in [-0.2, -0.15) is 4.31 Å². The molecule has 2 aliphatic heterocycles. The van der Waals surface area contributed by atoms with E-state index in [4.69, 9.17) is 9.47 Å². The van der Waals surface area contributed by atoms with E-state index in [-0.39, 0.29) is 23.9 Å². The maximum atomic E-state index is 13.1. The molecule has 1 amide bonds. The number of piperazine rings is 1. The number of carbonyl (C=O) groups excluding carboxylic acids is 1. The smallest absolute Gasteiger partial charge is 0.253 e. The Hall–Kier alpha value is -3.30. The highest BCUT2D eigenvalue weighted by Crippen LogP contribution is 2.33. The van der Waals surface area contributed by atoms with Gasteiger partial charge >= 0.3 is 0 Å². The maximum absolute atomic E-state index is 13.1. The first-order valence-corrected chi connectivity index (χ1v) is 12.7.